The zero-order chi connectivity index (χ0) is 27.7. The lowest BCUT2D eigenvalue weighted by Crippen LogP contribution is -2.11. The first kappa shape index (κ1) is 26.7. The van der Waals surface area contributed by atoms with Crippen molar-refractivity contribution in [3.8, 4) is 22.3 Å². The van der Waals surface area contributed by atoms with Gasteiger partial charge >= 0.3 is 12.4 Å². The molecule has 0 atom stereocenters. The Kier molecular flexibility index (Phi) is 7.19. The number of halogens is 6. The van der Waals surface area contributed by atoms with E-state index in [1.54, 1.807) is 6.08 Å². The van der Waals surface area contributed by atoms with E-state index >= 15 is 0 Å². The number of hydrogen-bond acceptors (Lipinski definition) is 0. The van der Waals surface area contributed by atoms with Crippen LogP contribution in [0.1, 0.15) is 33.4 Å². The summed E-state index contributed by atoms with van der Waals surface area (Å²) in [5.74, 6) is 0. The van der Waals surface area contributed by atoms with Crippen LogP contribution in [0.4, 0.5) is 26.3 Å². The topological polar surface area (TPSA) is 4.36 Å². The summed E-state index contributed by atoms with van der Waals surface area (Å²) >= 11 is 0. The van der Waals surface area contributed by atoms with Crippen molar-refractivity contribution >= 4 is 11.8 Å². The minimum atomic E-state index is -4.93. The normalized spacial score (nSPS) is 12.3. The van der Waals surface area contributed by atoms with Crippen LogP contribution in [0.3, 0.4) is 0 Å². The molecule has 4 rings (SSSR count). The molecule has 4 aromatic carbocycles. The van der Waals surface area contributed by atoms with E-state index in [0.717, 1.165) is 27.8 Å². The van der Waals surface area contributed by atoms with E-state index in [4.69, 9.17) is 6.57 Å². The molecule has 0 bridgehead atoms. The van der Waals surface area contributed by atoms with Gasteiger partial charge in [0, 0.05) is 0 Å². The molecule has 38 heavy (non-hydrogen) atoms. The number of nitrogens with zero attached hydrogens (tertiary/aromatic N) is 1. The molecule has 7 heteroatoms. The third kappa shape index (κ3) is 6.15. The summed E-state index contributed by atoms with van der Waals surface area (Å²) in [6, 6.07) is 21.3. The second-order valence-corrected chi connectivity index (χ2v) is 9.01. The summed E-state index contributed by atoms with van der Waals surface area (Å²) in [4.78, 5) is 3.57. The van der Waals surface area contributed by atoms with Crippen LogP contribution in [0.15, 0.2) is 84.9 Å². The van der Waals surface area contributed by atoms with Crippen LogP contribution in [0.25, 0.3) is 38.9 Å². The van der Waals surface area contributed by atoms with Gasteiger partial charge in [0.15, 0.2) is 5.70 Å². The molecule has 0 unspecified atom stereocenters. The summed E-state index contributed by atoms with van der Waals surface area (Å²) in [6.45, 7) is 11.7. The van der Waals surface area contributed by atoms with Gasteiger partial charge in [-0.05, 0) is 71.5 Å². The van der Waals surface area contributed by atoms with E-state index in [1.165, 1.54) is 24.3 Å². The summed E-state index contributed by atoms with van der Waals surface area (Å²) < 4.78 is 79.3. The standard InChI is InChI=1S/C31H21F6N/c1-19-12-20(2)14-25(13-19)22-6-4-21(5-7-22)15-29(38-3)24-10-8-23(9-11-24)26-16-27(30(32,33)34)18-28(17-26)31(35,36)37/h4-18H,1-2H3/b29-15-. The Labute approximate surface area is 216 Å². The van der Waals surface area contributed by atoms with Crippen molar-refractivity contribution in [2.75, 3.05) is 0 Å². The number of hydrogen-bond donors (Lipinski definition) is 0. The Bertz CT molecular complexity index is 1480. The predicted octanol–water partition coefficient (Wildman–Crippen LogP) is 10.1. The van der Waals surface area contributed by atoms with Crippen molar-refractivity contribution < 1.29 is 26.3 Å². The number of alkyl halides is 6. The zero-order valence-electron chi connectivity index (χ0n) is 20.4. The van der Waals surface area contributed by atoms with Gasteiger partial charge in [-0.2, -0.15) is 26.3 Å². The fourth-order valence-electron chi connectivity index (χ4n) is 4.21. The van der Waals surface area contributed by atoms with Gasteiger partial charge in [0.25, 0.3) is 0 Å². The maximum atomic E-state index is 13.2. The minimum Gasteiger partial charge on any atom is -0.238 e. The van der Waals surface area contributed by atoms with Crippen molar-refractivity contribution in [2.45, 2.75) is 26.2 Å². The van der Waals surface area contributed by atoms with Gasteiger partial charge in [-0.3, -0.25) is 0 Å². The van der Waals surface area contributed by atoms with Gasteiger partial charge in [-0.1, -0.05) is 77.9 Å². The van der Waals surface area contributed by atoms with Crippen molar-refractivity contribution in [1.82, 2.24) is 0 Å². The van der Waals surface area contributed by atoms with E-state index in [0.29, 0.717) is 17.7 Å². The lowest BCUT2D eigenvalue weighted by atomic mass is 9.97. The number of aryl methyl sites for hydroxylation is 2. The van der Waals surface area contributed by atoms with E-state index in [-0.39, 0.29) is 22.9 Å². The Morgan fingerprint density at radius 3 is 1.50 bits per heavy atom. The largest absolute Gasteiger partial charge is 0.416 e. The van der Waals surface area contributed by atoms with Gasteiger partial charge in [0.05, 0.1) is 17.7 Å². The zero-order valence-corrected chi connectivity index (χ0v) is 20.4. The Balaban J connectivity index is 1.63. The summed E-state index contributed by atoms with van der Waals surface area (Å²) in [6.07, 6.45) is -8.17. The molecule has 0 aromatic heterocycles. The molecular formula is C31H21F6N. The molecule has 0 aliphatic rings. The molecule has 0 amide bonds. The highest BCUT2D eigenvalue weighted by Crippen LogP contribution is 2.39. The minimum absolute atomic E-state index is 0.100. The highest BCUT2D eigenvalue weighted by atomic mass is 19.4. The number of rotatable bonds is 4. The third-order valence-electron chi connectivity index (χ3n) is 5.99. The Morgan fingerprint density at radius 1 is 0.605 bits per heavy atom. The van der Waals surface area contributed by atoms with Crippen LogP contribution < -0.4 is 0 Å². The molecule has 0 radical (unpaired) electrons. The second-order valence-electron chi connectivity index (χ2n) is 9.01. The molecule has 4 aromatic rings. The van der Waals surface area contributed by atoms with Crippen LogP contribution in [-0.2, 0) is 12.4 Å². The SMILES string of the molecule is [C-]#[N+]/C(=C\c1ccc(-c2cc(C)cc(C)c2)cc1)c1ccc(-c2cc(C(F)(F)F)cc(C(F)(F)F)c2)cc1. The molecule has 192 valence electrons. The fraction of sp³-hybridized carbons (Fsp3) is 0.129. The Morgan fingerprint density at radius 2 is 1.05 bits per heavy atom. The van der Waals surface area contributed by atoms with Crippen molar-refractivity contribution in [3.63, 3.8) is 0 Å². The lowest BCUT2D eigenvalue weighted by Gasteiger charge is -2.14. The van der Waals surface area contributed by atoms with Gasteiger partial charge in [0.2, 0.25) is 0 Å². The number of benzene rings is 4. The summed E-state index contributed by atoms with van der Waals surface area (Å²) in [7, 11) is 0. The monoisotopic (exact) mass is 521 g/mol. The van der Waals surface area contributed by atoms with E-state index in [1.807, 2.05) is 38.1 Å². The average Bonchev–Trinajstić information content (AvgIpc) is 2.86. The van der Waals surface area contributed by atoms with Gasteiger partial charge in [0.1, 0.15) is 0 Å². The smallest absolute Gasteiger partial charge is 0.238 e. The highest BCUT2D eigenvalue weighted by molar-refractivity contribution is 5.86. The highest BCUT2D eigenvalue weighted by Gasteiger charge is 2.37. The van der Waals surface area contributed by atoms with Gasteiger partial charge in [-0.25, -0.2) is 4.85 Å². The van der Waals surface area contributed by atoms with Crippen molar-refractivity contribution in [2.24, 2.45) is 0 Å². The van der Waals surface area contributed by atoms with E-state index in [2.05, 4.69) is 23.0 Å². The third-order valence-corrected chi connectivity index (χ3v) is 5.99. The van der Waals surface area contributed by atoms with Crippen LogP contribution >= 0.6 is 0 Å². The first-order chi connectivity index (χ1) is 17.8. The predicted molar refractivity (Wildman–Crippen MR) is 138 cm³/mol. The van der Waals surface area contributed by atoms with Crippen LogP contribution in [0.5, 0.6) is 0 Å². The molecule has 0 saturated carbocycles. The average molecular weight is 522 g/mol. The van der Waals surface area contributed by atoms with Crippen LogP contribution in [0, 0.1) is 20.4 Å². The van der Waals surface area contributed by atoms with Gasteiger partial charge in [-0.15, -0.1) is 0 Å². The first-order valence-electron chi connectivity index (χ1n) is 11.5. The first-order valence-corrected chi connectivity index (χ1v) is 11.5. The second kappa shape index (κ2) is 10.2. The maximum Gasteiger partial charge on any atom is 0.416 e. The molecule has 0 aliphatic carbocycles. The quantitative estimate of drug-likeness (QED) is 0.143. The molecule has 0 fully saturated rings. The molecular weight excluding hydrogens is 500 g/mol. The van der Waals surface area contributed by atoms with Crippen molar-refractivity contribution in [3.05, 3.63) is 130 Å². The molecule has 1 nitrogen and oxygen atoms in total. The van der Waals surface area contributed by atoms with Crippen molar-refractivity contribution in [1.29, 1.82) is 0 Å². The fourth-order valence-corrected chi connectivity index (χ4v) is 4.21. The summed E-state index contributed by atoms with van der Waals surface area (Å²) in [5.41, 5.74) is 3.19. The molecule has 0 aliphatic heterocycles. The molecule has 0 spiro atoms. The summed E-state index contributed by atoms with van der Waals surface area (Å²) in [5, 5.41) is 0. The van der Waals surface area contributed by atoms with Crippen LogP contribution in [0.2, 0.25) is 0 Å². The molecule has 0 N–H and O–H groups in total. The van der Waals surface area contributed by atoms with E-state index < -0.39 is 23.5 Å². The lowest BCUT2D eigenvalue weighted by molar-refractivity contribution is -0.143. The maximum absolute atomic E-state index is 13.2. The molecule has 0 saturated heterocycles. The van der Waals surface area contributed by atoms with Crippen LogP contribution in [-0.4, -0.2) is 0 Å². The Hall–Kier alpha value is -4.31. The molecule has 0 heterocycles. The van der Waals surface area contributed by atoms with E-state index in [9.17, 15) is 26.3 Å². The van der Waals surface area contributed by atoms with Gasteiger partial charge < -0.3 is 0 Å².